The van der Waals surface area contributed by atoms with Gasteiger partial charge in [-0.05, 0) is 11.6 Å². The van der Waals surface area contributed by atoms with Gasteiger partial charge in [0, 0.05) is 24.8 Å². The molecule has 1 fully saturated rings. The first-order valence-corrected chi connectivity index (χ1v) is 5.67. The van der Waals surface area contributed by atoms with Gasteiger partial charge in [0.2, 0.25) is 5.88 Å². The number of ether oxygens (including phenoxy) is 2. The molecule has 1 aromatic heterocycles. The number of nitrogens with zero attached hydrogens (tertiary/aromatic N) is 1. The molecular formula is C12H18N2O2. The Labute approximate surface area is 96.0 Å². The van der Waals surface area contributed by atoms with E-state index in [1.54, 1.807) is 6.20 Å². The van der Waals surface area contributed by atoms with Crippen LogP contribution >= 0.6 is 0 Å². The molecule has 16 heavy (non-hydrogen) atoms. The highest BCUT2D eigenvalue weighted by Crippen LogP contribution is 2.14. The maximum absolute atomic E-state index is 5.63. The molecule has 1 aromatic rings. The summed E-state index contributed by atoms with van der Waals surface area (Å²) in [6.07, 6.45) is 1.97. The molecule has 1 saturated heterocycles. The second-order valence-electron chi connectivity index (χ2n) is 4.32. The molecule has 0 radical (unpaired) electrons. The Morgan fingerprint density at radius 3 is 3.00 bits per heavy atom. The van der Waals surface area contributed by atoms with Gasteiger partial charge in [0.05, 0.1) is 13.2 Å². The number of rotatable bonds is 5. The highest BCUT2D eigenvalue weighted by atomic mass is 16.6. The highest BCUT2D eigenvalue weighted by Gasteiger charge is 2.20. The van der Waals surface area contributed by atoms with Gasteiger partial charge in [0.15, 0.2) is 0 Å². The Hall–Kier alpha value is -1.13. The van der Waals surface area contributed by atoms with Crippen LogP contribution in [-0.4, -0.2) is 30.3 Å². The third kappa shape index (κ3) is 3.18. The molecule has 4 heteroatoms. The van der Waals surface area contributed by atoms with Crippen LogP contribution in [0.2, 0.25) is 0 Å². The molecule has 0 saturated carbocycles. The molecule has 88 valence electrons. The number of nitrogens with one attached hydrogen (secondary N) is 1. The van der Waals surface area contributed by atoms with Crippen LogP contribution < -0.4 is 10.1 Å². The monoisotopic (exact) mass is 222 g/mol. The van der Waals surface area contributed by atoms with Gasteiger partial charge in [0.1, 0.15) is 6.10 Å². The van der Waals surface area contributed by atoms with E-state index in [0.717, 1.165) is 6.54 Å². The second kappa shape index (κ2) is 5.27. The van der Waals surface area contributed by atoms with Gasteiger partial charge in [0.25, 0.3) is 0 Å². The topological polar surface area (TPSA) is 43.4 Å². The molecule has 0 aliphatic carbocycles. The lowest BCUT2D eigenvalue weighted by Crippen LogP contribution is -2.38. The van der Waals surface area contributed by atoms with Crippen LogP contribution in [0, 0.1) is 0 Å². The predicted octanol–water partition coefficient (Wildman–Crippen LogP) is 1.36. The molecule has 0 amide bonds. The fraction of sp³-hybridized carbons (Fsp3) is 0.583. The third-order valence-electron chi connectivity index (χ3n) is 2.41. The number of aromatic nitrogens is 1. The smallest absolute Gasteiger partial charge is 0.213 e. The van der Waals surface area contributed by atoms with E-state index < -0.39 is 0 Å². The molecular weight excluding hydrogens is 204 g/mol. The van der Waals surface area contributed by atoms with Gasteiger partial charge >= 0.3 is 0 Å². The summed E-state index contributed by atoms with van der Waals surface area (Å²) in [5, 5.41) is 3.36. The molecule has 0 bridgehead atoms. The van der Waals surface area contributed by atoms with Crippen LogP contribution in [0.15, 0.2) is 18.3 Å². The van der Waals surface area contributed by atoms with Crippen molar-refractivity contribution >= 4 is 0 Å². The molecule has 1 aliphatic rings. The van der Waals surface area contributed by atoms with E-state index in [9.17, 15) is 0 Å². The molecule has 4 nitrogen and oxygen atoms in total. The minimum absolute atomic E-state index is 0.181. The van der Waals surface area contributed by atoms with Crippen molar-refractivity contribution in [3.63, 3.8) is 0 Å². The zero-order valence-corrected chi connectivity index (χ0v) is 9.77. The van der Waals surface area contributed by atoms with Gasteiger partial charge in [-0.1, -0.05) is 13.8 Å². The summed E-state index contributed by atoms with van der Waals surface area (Å²) < 4.78 is 10.7. The first-order chi connectivity index (χ1) is 7.74. The maximum atomic E-state index is 5.63. The van der Waals surface area contributed by atoms with Crippen LogP contribution in [-0.2, 0) is 11.3 Å². The normalized spacial score (nSPS) is 16.2. The van der Waals surface area contributed by atoms with Gasteiger partial charge in [-0.3, -0.25) is 0 Å². The van der Waals surface area contributed by atoms with E-state index in [2.05, 4.69) is 24.1 Å². The van der Waals surface area contributed by atoms with Crippen LogP contribution in [0.3, 0.4) is 0 Å². The standard InChI is InChI=1S/C12H18N2O2/c1-9(2)14-6-10-3-4-13-12(5-10)16-11-7-15-8-11/h3-5,9,11,14H,6-8H2,1-2H3. The van der Waals surface area contributed by atoms with Gasteiger partial charge < -0.3 is 14.8 Å². The fourth-order valence-corrected chi connectivity index (χ4v) is 1.40. The quantitative estimate of drug-likeness (QED) is 0.817. The molecule has 2 rings (SSSR count). The summed E-state index contributed by atoms with van der Waals surface area (Å²) in [6.45, 7) is 6.46. The van der Waals surface area contributed by atoms with Crippen molar-refractivity contribution < 1.29 is 9.47 Å². The summed E-state index contributed by atoms with van der Waals surface area (Å²) in [4.78, 5) is 4.18. The summed E-state index contributed by atoms with van der Waals surface area (Å²) in [7, 11) is 0. The number of pyridine rings is 1. The molecule has 2 heterocycles. The van der Waals surface area contributed by atoms with E-state index in [1.807, 2.05) is 12.1 Å². The van der Waals surface area contributed by atoms with Crippen molar-refractivity contribution in [2.24, 2.45) is 0 Å². The van der Waals surface area contributed by atoms with Gasteiger partial charge in [-0.15, -0.1) is 0 Å². The Bertz CT molecular complexity index is 338. The third-order valence-corrected chi connectivity index (χ3v) is 2.41. The summed E-state index contributed by atoms with van der Waals surface area (Å²) in [6, 6.07) is 4.46. The van der Waals surface area contributed by atoms with E-state index in [0.29, 0.717) is 25.1 Å². The molecule has 1 aliphatic heterocycles. The SMILES string of the molecule is CC(C)NCc1ccnc(OC2COC2)c1. The van der Waals surface area contributed by atoms with E-state index in [1.165, 1.54) is 5.56 Å². The Balaban J connectivity index is 1.90. The summed E-state index contributed by atoms with van der Waals surface area (Å²) >= 11 is 0. The first-order valence-electron chi connectivity index (χ1n) is 5.67. The summed E-state index contributed by atoms with van der Waals surface area (Å²) in [5.41, 5.74) is 1.19. The Morgan fingerprint density at radius 2 is 2.38 bits per heavy atom. The molecule has 0 unspecified atom stereocenters. The minimum atomic E-state index is 0.181. The van der Waals surface area contributed by atoms with Crippen LogP contribution in [0.4, 0.5) is 0 Å². The van der Waals surface area contributed by atoms with Crippen LogP contribution in [0.5, 0.6) is 5.88 Å². The zero-order chi connectivity index (χ0) is 11.4. The average molecular weight is 222 g/mol. The van der Waals surface area contributed by atoms with Crippen LogP contribution in [0.1, 0.15) is 19.4 Å². The van der Waals surface area contributed by atoms with Crippen molar-refractivity contribution in [1.29, 1.82) is 0 Å². The lowest BCUT2D eigenvalue weighted by atomic mass is 10.2. The second-order valence-corrected chi connectivity index (χ2v) is 4.32. The fourth-order valence-electron chi connectivity index (χ4n) is 1.40. The molecule has 0 spiro atoms. The van der Waals surface area contributed by atoms with Crippen molar-refractivity contribution in [1.82, 2.24) is 10.3 Å². The Morgan fingerprint density at radius 1 is 1.56 bits per heavy atom. The van der Waals surface area contributed by atoms with Crippen molar-refractivity contribution in [3.05, 3.63) is 23.9 Å². The van der Waals surface area contributed by atoms with Gasteiger partial charge in [-0.2, -0.15) is 0 Å². The Kier molecular flexibility index (Phi) is 3.74. The van der Waals surface area contributed by atoms with E-state index >= 15 is 0 Å². The van der Waals surface area contributed by atoms with Crippen molar-refractivity contribution in [3.8, 4) is 5.88 Å². The lowest BCUT2D eigenvalue weighted by Gasteiger charge is -2.26. The van der Waals surface area contributed by atoms with Crippen LogP contribution in [0.25, 0.3) is 0 Å². The highest BCUT2D eigenvalue weighted by molar-refractivity contribution is 5.20. The van der Waals surface area contributed by atoms with E-state index in [-0.39, 0.29) is 6.10 Å². The molecule has 0 aromatic carbocycles. The number of hydrogen-bond acceptors (Lipinski definition) is 4. The maximum Gasteiger partial charge on any atom is 0.213 e. The van der Waals surface area contributed by atoms with E-state index in [4.69, 9.17) is 9.47 Å². The minimum Gasteiger partial charge on any atom is -0.469 e. The summed E-state index contributed by atoms with van der Waals surface area (Å²) in [5.74, 6) is 0.691. The zero-order valence-electron chi connectivity index (χ0n) is 9.77. The lowest BCUT2D eigenvalue weighted by molar-refractivity contribution is -0.0813. The molecule has 0 atom stereocenters. The largest absolute Gasteiger partial charge is 0.469 e. The molecule has 1 N–H and O–H groups in total. The van der Waals surface area contributed by atoms with Crippen molar-refractivity contribution in [2.45, 2.75) is 32.5 Å². The van der Waals surface area contributed by atoms with Gasteiger partial charge in [-0.25, -0.2) is 4.98 Å². The first kappa shape index (κ1) is 11.4. The average Bonchev–Trinajstić information content (AvgIpc) is 2.21. The number of hydrogen-bond donors (Lipinski definition) is 1. The van der Waals surface area contributed by atoms with Crippen molar-refractivity contribution in [2.75, 3.05) is 13.2 Å². The predicted molar refractivity (Wildman–Crippen MR) is 61.4 cm³/mol.